The van der Waals surface area contributed by atoms with E-state index in [2.05, 4.69) is 17.2 Å². The fraction of sp³-hybridized carbons (Fsp3) is 0.304. The lowest BCUT2D eigenvalue weighted by atomic mass is 9.71. The molecule has 3 aromatic rings. The molecule has 0 aliphatic heterocycles. The molecule has 1 fully saturated rings. The monoisotopic (exact) mass is 372 g/mol. The van der Waals surface area contributed by atoms with Crippen LogP contribution in [0.1, 0.15) is 47.6 Å². The summed E-state index contributed by atoms with van der Waals surface area (Å²) in [6.45, 7) is 0.618. The minimum Gasteiger partial charge on any atom is -0.497 e. The molecule has 0 radical (unpaired) electrons. The number of nitrogen functional groups attached to an aromatic ring is 1. The second-order valence-electron chi connectivity index (χ2n) is 7.40. The summed E-state index contributed by atoms with van der Waals surface area (Å²) in [5.41, 5.74) is 10.7. The zero-order valence-electron chi connectivity index (χ0n) is 16.0. The van der Waals surface area contributed by atoms with E-state index in [0.717, 1.165) is 41.1 Å². The van der Waals surface area contributed by atoms with E-state index < -0.39 is 0 Å². The van der Waals surface area contributed by atoms with E-state index in [1.54, 1.807) is 13.3 Å². The molecule has 5 heteroatoms. The van der Waals surface area contributed by atoms with Crippen LogP contribution in [0.15, 0.2) is 54.7 Å². The highest BCUT2D eigenvalue weighted by Crippen LogP contribution is 2.44. The molecule has 2 aromatic carbocycles. The second kappa shape index (κ2) is 7.77. The Labute approximate surface area is 165 Å². The summed E-state index contributed by atoms with van der Waals surface area (Å²) in [5.74, 6) is 1.47. The zero-order chi connectivity index (χ0) is 19.5. The second-order valence-corrected chi connectivity index (χ2v) is 7.40. The van der Waals surface area contributed by atoms with E-state index in [-0.39, 0.29) is 5.92 Å². The molecule has 1 heterocycles. The molecule has 0 spiro atoms. The van der Waals surface area contributed by atoms with Gasteiger partial charge in [-0.2, -0.15) is 10.4 Å². The lowest BCUT2D eigenvalue weighted by Gasteiger charge is -2.35. The van der Waals surface area contributed by atoms with Crippen LogP contribution in [0, 0.1) is 17.2 Å². The normalized spacial score (nSPS) is 14.9. The van der Waals surface area contributed by atoms with Gasteiger partial charge in [-0.3, -0.25) is 4.68 Å². The summed E-state index contributed by atoms with van der Waals surface area (Å²) >= 11 is 0. The van der Waals surface area contributed by atoms with Crippen LogP contribution in [0.4, 0.5) is 5.69 Å². The van der Waals surface area contributed by atoms with Crippen molar-refractivity contribution in [3.05, 3.63) is 77.1 Å². The number of nitriles is 1. The van der Waals surface area contributed by atoms with Crippen molar-refractivity contribution in [3.63, 3.8) is 0 Å². The Bertz CT molecular complexity index is 996. The number of anilines is 1. The van der Waals surface area contributed by atoms with Crippen molar-refractivity contribution >= 4 is 5.69 Å². The third-order valence-corrected chi connectivity index (χ3v) is 5.68. The van der Waals surface area contributed by atoms with Gasteiger partial charge in [0.05, 0.1) is 31.1 Å². The summed E-state index contributed by atoms with van der Waals surface area (Å²) in [4.78, 5) is 0. The van der Waals surface area contributed by atoms with Crippen LogP contribution < -0.4 is 10.5 Å². The van der Waals surface area contributed by atoms with E-state index in [4.69, 9.17) is 10.5 Å². The Morgan fingerprint density at radius 3 is 2.64 bits per heavy atom. The maximum Gasteiger partial charge on any atom is 0.118 e. The molecule has 1 atom stereocenters. The average Bonchev–Trinajstić information content (AvgIpc) is 3.07. The fourth-order valence-electron chi connectivity index (χ4n) is 4.02. The van der Waals surface area contributed by atoms with Crippen molar-refractivity contribution in [1.29, 1.82) is 5.26 Å². The molecule has 1 unspecified atom stereocenters. The number of nitrogens with two attached hydrogens (primary N) is 1. The molecule has 1 aliphatic rings. The van der Waals surface area contributed by atoms with Gasteiger partial charge >= 0.3 is 0 Å². The molecule has 0 saturated heterocycles. The van der Waals surface area contributed by atoms with E-state index in [0.29, 0.717) is 18.0 Å². The minimum absolute atomic E-state index is 0.132. The Balaban J connectivity index is 1.75. The maximum absolute atomic E-state index is 9.74. The largest absolute Gasteiger partial charge is 0.497 e. The molecule has 5 nitrogen and oxygen atoms in total. The van der Waals surface area contributed by atoms with Gasteiger partial charge in [0.1, 0.15) is 11.8 Å². The summed E-state index contributed by atoms with van der Waals surface area (Å²) in [5, 5.41) is 14.3. The zero-order valence-corrected chi connectivity index (χ0v) is 16.0. The van der Waals surface area contributed by atoms with Gasteiger partial charge in [0.2, 0.25) is 0 Å². The molecule has 2 N–H and O–H groups in total. The van der Waals surface area contributed by atoms with E-state index in [1.807, 2.05) is 47.1 Å². The average molecular weight is 372 g/mol. The van der Waals surface area contributed by atoms with E-state index in [1.165, 1.54) is 6.42 Å². The lowest BCUT2D eigenvalue weighted by molar-refractivity contribution is 0.276. The molecular weight excluding hydrogens is 348 g/mol. The van der Waals surface area contributed by atoms with Gasteiger partial charge < -0.3 is 10.5 Å². The predicted molar refractivity (Wildman–Crippen MR) is 109 cm³/mol. The summed E-state index contributed by atoms with van der Waals surface area (Å²) < 4.78 is 7.23. The van der Waals surface area contributed by atoms with Crippen LogP contribution in [0.2, 0.25) is 0 Å². The predicted octanol–water partition coefficient (Wildman–Crippen LogP) is 4.33. The molecular formula is C23H24N4O. The molecule has 28 heavy (non-hydrogen) atoms. The number of benzene rings is 2. The number of hydrogen-bond acceptors (Lipinski definition) is 4. The van der Waals surface area contributed by atoms with Gasteiger partial charge in [-0.25, -0.2) is 0 Å². The van der Waals surface area contributed by atoms with Crippen molar-refractivity contribution in [2.75, 3.05) is 12.8 Å². The summed E-state index contributed by atoms with van der Waals surface area (Å²) in [6, 6.07) is 18.4. The smallest absolute Gasteiger partial charge is 0.118 e. The van der Waals surface area contributed by atoms with Crippen molar-refractivity contribution in [2.45, 2.75) is 31.7 Å². The Hall–Kier alpha value is -3.26. The minimum atomic E-state index is 0.132. The number of aromatic nitrogens is 2. The highest BCUT2D eigenvalue weighted by Gasteiger charge is 2.34. The quantitative estimate of drug-likeness (QED) is 0.654. The number of nitrogens with zero attached hydrogens (tertiary/aromatic N) is 3. The highest BCUT2D eigenvalue weighted by molar-refractivity contribution is 5.47. The molecule has 1 aromatic heterocycles. The molecule has 4 rings (SSSR count). The molecule has 0 bridgehead atoms. The van der Waals surface area contributed by atoms with Crippen LogP contribution >= 0.6 is 0 Å². The Morgan fingerprint density at radius 2 is 2.04 bits per heavy atom. The Kier molecular flexibility index (Phi) is 5.03. The molecule has 1 aliphatic carbocycles. The van der Waals surface area contributed by atoms with Gasteiger partial charge in [-0.15, -0.1) is 0 Å². The molecule has 0 amide bonds. The van der Waals surface area contributed by atoms with Gasteiger partial charge in [-0.05, 0) is 54.2 Å². The van der Waals surface area contributed by atoms with Gasteiger partial charge in [0.15, 0.2) is 0 Å². The third kappa shape index (κ3) is 3.46. The van der Waals surface area contributed by atoms with E-state index in [9.17, 15) is 5.26 Å². The fourth-order valence-corrected chi connectivity index (χ4v) is 4.02. The van der Waals surface area contributed by atoms with Crippen molar-refractivity contribution in [1.82, 2.24) is 9.78 Å². The first-order valence-electron chi connectivity index (χ1n) is 9.63. The number of ether oxygens (including phenoxy) is 1. The van der Waals surface area contributed by atoms with Gasteiger partial charge in [0, 0.05) is 11.6 Å². The first kappa shape index (κ1) is 18.1. The van der Waals surface area contributed by atoms with Crippen LogP contribution in [0.5, 0.6) is 5.75 Å². The Morgan fingerprint density at radius 1 is 1.25 bits per heavy atom. The number of methoxy groups -OCH3 is 1. The summed E-state index contributed by atoms with van der Waals surface area (Å²) in [7, 11) is 1.66. The first-order valence-corrected chi connectivity index (χ1v) is 9.63. The SMILES string of the molecule is COc1ccc(Cn2ncc(C#N)c2C(c2cccc(N)c2)C2CCC2)cc1. The van der Waals surface area contributed by atoms with Crippen LogP contribution in [0.3, 0.4) is 0 Å². The van der Waals surface area contributed by atoms with Crippen LogP contribution in [-0.2, 0) is 6.54 Å². The van der Waals surface area contributed by atoms with Gasteiger partial charge in [-0.1, -0.05) is 30.7 Å². The first-order chi connectivity index (χ1) is 13.7. The third-order valence-electron chi connectivity index (χ3n) is 5.68. The molecule has 1 saturated carbocycles. The van der Waals surface area contributed by atoms with Crippen LogP contribution in [-0.4, -0.2) is 16.9 Å². The van der Waals surface area contributed by atoms with Crippen molar-refractivity contribution in [3.8, 4) is 11.8 Å². The van der Waals surface area contributed by atoms with Crippen molar-refractivity contribution in [2.24, 2.45) is 5.92 Å². The highest BCUT2D eigenvalue weighted by atomic mass is 16.5. The lowest BCUT2D eigenvalue weighted by Crippen LogP contribution is -2.25. The van der Waals surface area contributed by atoms with E-state index >= 15 is 0 Å². The van der Waals surface area contributed by atoms with Crippen LogP contribution in [0.25, 0.3) is 0 Å². The molecule has 142 valence electrons. The van der Waals surface area contributed by atoms with Gasteiger partial charge in [0.25, 0.3) is 0 Å². The number of rotatable bonds is 6. The summed E-state index contributed by atoms with van der Waals surface area (Å²) in [6.07, 6.45) is 5.25. The van der Waals surface area contributed by atoms with Crippen molar-refractivity contribution < 1.29 is 4.74 Å². The maximum atomic E-state index is 9.74. The standard InChI is InChI=1S/C23H24N4O/c1-28-21-10-8-16(9-11-21)15-27-23(19(13-24)14-26-27)22(17-4-2-5-17)18-6-3-7-20(25)12-18/h3,6-12,14,17,22H,2,4-5,15,25H2,1H3. The topological polar surface area (TPSA) is 76.9 Å². The number of hydrogen-bond donors (Lipinski definition) is 1.